The first-order valence-electron chi connectivity index (χ1n) is 3.88. The van der Waals surface area contributed by atoms with E-state index in [2.05, 4.69) is 17.2 Å². The van der Waals surface area contributed by atoms with Gasteiger partial charge in [-0.05, 0) is 19.5 Å². The number of allylic oxidation sites excluding steroid dienone is 1. The monoisotopic (exact) mass is 141 g/mol. The molecule has 0 radical (unpaired) electrons. The first-order valence-corrected chi connectivity index (χ1v) is 3.88. The summed E-state index contributed by atoms with van der Waals surface area (Å²) in [6, 6.07) is 0. The molecule has 0 N–H and O–H groups in total. The quantitative estimate of drug-likeness (QED) is 0.545. The Morgan fingerprint density at radius 1 is 1.30 bits per heavy atom. The fraction of sp³-hybridized carbons (Fsp3) is 0.750. The standard InChI is InChI=1S/C8H15NO/c1-2-4-9-5-3-7-10-8-6-9/h2,4H,3,5-8H2,1H3/b4-2+. The minimum atomic E-state index is 0.879. The lowest BCUT2D eigenvalue weighted by Crippen LogP contribution is -2.19. The van der Waals surface area contributed by atoms with Crippen LogP contribution in [-0.2, 0) is 4.74 Å². The highest BCUT2D eigenvalue weighted by Gasteiger charge is 2.02. The lowest BCUT2D eigenvalue weighted by molar-refractivity contribution is 0.146. The molecule has 1 rings (SSSR count). The molecule has 0 atom stereocenters. The minimum Gasteiger partial charge on any atom is -0.380 e. The number of ether oxygens (including phenoxy) is 1. The van der Waals surface area contributed by atoms with Gasteiger partial charge in [0.2, 0.25) is 0 Å². The van der Waals surface area contributed by atoms with E-state index in [4.69, 9.17) is 4.74 Å². The summed E-state index contributed by atoms with van der Waals surface area (Å²) in [5, 5.41) is 0. The molecule has 1 heterocycles. The molecule has 0 spiro atoms. The van der Waals surface area contributed by atoms with Gasteiger partial charge >= 0.3 is 0 Å². The summed E-state index contributed by atoms with van der Waals surface area (Å²) in [7, 11) is 0. The molecule has 10 heavy (non-hydrogen) atoms. The van der Waals surface area contributed by atoms with Gasteiger partial charge in [0, 0.05) is 19.7 Å². The molecule has 1 saturated heterocycles. The summed E-state index contributed by atoms with van der Waals surface area (Å²) in [6.07, 6.45) is 5.37. The molecule has 0 aliphatic carbocycles. The van der Waals surface area contributed by atoms with Gasteiger partial charge in [-0.3, -0.25) is 0 Å². The van der Waals surface area contributed by atoms with E-state index in [0.717, 1.165) is 32.7 Å². The summed E-state index contributed by atoms with van der Waals surface area (Å²) in [5.74, 6) is 0. The van der Waals surface area contributed by atoms with Gasteiger partial charge in [0.15, 0.2) is 0 Å². The second kappa shape index (κ2) is 4.34. The van der Waals surface area contributed by atoms with Crippen LogP contribution in [-0.4, -0.2) is 31.2 Å². The molecule has 2 nitrogen and oxygen atoms in total. The number of hydrogen-bond donors (Lipinski definition) is 0. The van der Waals surface area contributed by atoms with Crippen molar-refractivity contribution in [2.24, 2.45) is 0 Å². The lowest BCUT2D eigenvalue weighted by Gasteiger charge is -2.15. The van der Waals surface area contributed by atoms with Crippen molar-refractivity contribution < 1.29 is 4.74 Å². The summed E-state index contributed by atoms with van der Waals surface area (Å²) in [4.78, 5) is 2.30. The van der Waals surface area contributed by atoms with Crippen molar-refractivity contribution >= 4 is 0 Å². The third-order valence-corrected chi connectivity index (χ3v) is 1.62. The van der Waals surface area contributed by atoms with E-state index in [1.807, 2.05) is 6.92 Å². The number of nitrogens with zero attached hydrogens (tertiary/aromatic N) is 1. The Hall–Kier alpha value is -0.500. The predicted molar refractivity (Wildman–Crippen MR) is 41.8 cm³/mol. The summed E-state index contributed by atoms with van der Waals surface area (Å²) in [6.45, 7) is 6.04. The molecule has 0 bridgehead atoms. The van der Waals surface area contributed by atoms with E-state index in [-0.39, 0.29) is 0 Å². The van der Waals surface area contributed by atoms with Crippen LogP contribution >= 0.6 is 0 Å². The number of hydrogen-bond acceptors (Lipinski definition) is 2. The fourth-order valence-electron chi connectivity index (χ4n) is 1.13. The van der Waals surface area contributed by atoms with Crippen molar-refractivity contribution in [2.75, 3.05) is 26.3 Å². The van der Waals surface area contributed by atoms with Crippen LogP contribution in [0.5, 0.6) is 0 Å². The van der Waals surface area contributed by atoms with Gasteiger partial charge in [0.1, 0.15) is 0 Å². The second-order valence-corrected chi connectivity index (χ2v) is 2.48. The molecule has 1 aliphatic rings. The lowest BCUT2D eigenvalue weighted by atomic mass is 10.4. The first kappa shape index (κ1) is 7.61. The summed E-state index contributed by atoms with van der Waals surface area (Å²) < 4.78 is 5.30. The van der Waals surface area contributed by atoms with E-state index < -0.39 is 0 Å². The zero-order valence-electron chi connectivity index (χ0n) is 6.55. The normalized spacial score (nSPS) is 21.5. The number of rotatable bonds is 1. The highest BCUT2D eigenvalue weighted by Crippen LogP contribution is 1.98. The second-order valence-electron chi connectivity index (χ2n) is 2.48. The van der Waals surface area contributed by atoms with Crippen LogP contribution in [0, 0.1) is 0 Å². The van der Waals surface area contributed by atoms with Crippen molar-refractivity contribution in [3.63, 3.8) is 0 Å². The Morgan fingerprint density at radius 2 is 2.20 bits per heavy atom. The SMILES string of the molecule is C/C=C/N1CCCOCC1. The highest BCUT2D eigenvalue weighted by molar-refractivity contribution is 4.79. The van der Waals surface area contributed by atoms with E-state index in [9.17, 15) is 0 Å². The maximum absolute atomic E-state index is 5.30. The van der Waals surface area contributed by atoms with Crippen molar-refractivity contribution in [2.45, 2.75) is 13.3 Å². The van der Waals surface area contributed by atoms with Gasteiger partial charge in [0.25, 0.3) is 0 Å². The largest absolute Gasteiger partial charge is 0.380 e. The highest BCUT2D eigenvalue weighted by atomic mass is 16.5. The Balaban J connectivity index is 2.28. The van der Waals surface area contributed by atoms with Crippen molar-refractivity contribution in [1.82, 2.24) is 4.90 Å². The molecule has 58 valence electrons. The molecule has 2 heteroatoms. The van der Waals surface area contributed by atoms with Crippen LogP contribution in [0.15, 0.2) is 12.3 Å². The van der Waals surface area contributed by atoms with Gasteiger partial charge in [-0.2, -0.15) is 0 Å². The predicted octanol–water partition coefficient (Wildman–Crippen LogP) is 1.24. The zero-order chi connectivity index (χ0) is 7.23. The molecule has 1 fully saturated rings. The maximum Gasteiger partial charge on any atom is 0.0641 e. The van der Waals surface area contributed by atoms with Crippen LogP contribution < -0.4 is 0 Å². The molecule has 0 unspecified atom stereocenters. The zero-order valence-corrected chi connectivity index (χ0v) is 6.55. The van der Waals surface area contributed by atoms with Gasteiger partial charge in [-0.25, -0.2) is 0 Å². The molecule has 0 amide bonds. The van der Waals surface area contributed by atoms with Gasteiger partial charge in [-0.1, -0.05) is 6.08 Å². The third-order valence-electron chi connectivity index (χ3n) is 1.62. The van der Waals surface area contributed by atoms with E-state index in [1.54, 1.807) is 0 Å². The topological polar surface area (TPSA) is 12.5 Å². The van der Waals surface area contributed by atoms with Gasteiger partial charge in [-0.15, -0.1) is 0 Å². The van der Waals surface area contributed by atoms with Crippen LogP contribution in [0.4, 0.5) is 0 Å². The summed E-state index contributed by atoms with van der Waals surface area (Å²) >= 11 is 0. The van der Waals surface area contributed by atoms with E-state index in [1.165, 1.54) is 0 Å². The molecule has 0 aromatic heterocycles. The summed E-state index contributed by atoms with van der Waals surface area (Å²) in [5.41, 5.74) is 0. The van der Waals surface area contributed by atoms with Crippen LogP contribution in [0.25, 0.3) is 0 Å². The van der Waals surface area contributed by atoms with Gasteiger partial charge in [0.05, 0.1) is 6.61 Å². The Morgan fingerprint density at radius 3 is 3.00 bits per heavy atom. The molecule has 1 aliphatic heterocycles. The molecule has 0 aromatic carbocycles. The van der Waals surface area contributed by atoms with Crippen molar-refractivity contribution in [3.8, 4) is 0 Å². The van der Waals surface area contributed by atoms with E-state index >= 15 is 0 Å². The fourth-order valence-corrected chi connectivity index (χ4v) is 1.13. The van der Waals surface area contributed by atoms with Gasteiger partial charge < -0.3 is 9.64 Å². The average molecular weight is 141 g/mol. The molecular weight excluding hydrogens is 126 g/mol. The smallest absolute Gasteiger partial charge is 0.0641 e. The average Bonchev–Trinajstić information content (AvgIpc) is 2.17. The van der Waals surface area contributed by atoms with E-state index in [0.29, 0.717) is 0 Å². The molecule has 0 aromatic rings. The minimum absolute atomic E-state index is 0.879. The first-order chi connectivity index (χ1) is 4.93. The van der Waals surface area contributed by atoms with Crippen LogP contribution in [0.3, 0.4) is 0 Å². The van der Waals surface area contributed by atoms with Crippen LogP contribution in [0.2, 0.25) is 0 Å². The maximum atomic E-state index is 5.30. The molecular formula is C8H15NO. The van der Waals surface area contributed by atoms with Crippen molar-refractivity contribution in [1.29, 1.82) is 0 Å². The Bertz CT molecular complexity index is 104. The third kappa shape index (κ3) is 2.40. The van der Waals surface area contributed by atoms with Crippen molar-refractivity contribution in [3.05, 3.63) is 12.3 Å². The van der Waals surface area contributed by atoms with Crippen LogP contribution in [0.1, 0.15) is 13.3 Å². The molecule has 0 saturated carbocycles. The Kier molecular flexibility index (Phi) is 3.30. The Labute approximate surface area is 62.5 Å².